The smallest absolute Gasteiger partial charge is 0.305 e. The highest BCUT2D eigenvalue weighted by molar-refractivity contribution is 6.32. The number of benzene rings is 1. The summed E-state index contributed by atoms with van der Waals surface area (Å²) in [5.41, 5.74) is 1.11. The molecule has 1 aromatic carbocycles. The van der Waals surface area contributed by atoms with Gasteiger partial charge >= 0.3 is 5.97 Å². The summed E-state index contributed by atoms with van der Waals surface area (Å²) >= 11 is 6.15. The summed E-state index contributed by atoms with van der Waals surface area (Å²) in [4.78, 5) is 10.9. The molecule has 106 valence electrons. The fourth-order valence-corrected chi connectivity index (χ4v) is 1.81. The Morgan fingerprint density at radius 3 is 2.79 bits per heavy atom. The number of hydrogen-bond acceptors (Lipinski definition) is 4. The first kappa shape index (κ1) is 15.8. The van der Waals surface area contributed by atoms with Crippen LogP contribution in [0.4, 0.5) is 0 Å². The summed E-state index contributed by atoms with van der Waals surface area (Å²) < 4.78 is 10.1. The van der Waals surface area contributed by atoms with Gasteiger partial charge in [0.2, 0.25) is 0 Å². The predicted octanol–water partition coefficient (Wildman–Crippen LogP) is 2.95. The van der Waals surface area contributed by atoms with Crippen LogP contribution >= 0.6 is 11.6 Å². The number of methoxy groups -OCH3 is 1. The van der Waals surface area contributed by atoms with Gasteiger partial charge in [-0.1, -0.05) is 17.7 Å². The summed E-state index contributed by atoms with van der Waals surface area (Å²) in [6.07, 6.45) is 0.959. The molecule has 4 nitrogen and oxygen atoms in total. The Bertz CT molecular complexity index is 423. The maximum Gasteiger partial charge on any atom is 0.305 e. The fraction of sp³-hybridized carbons (Fsp3) is 0.500. The van der Waals surface area contributed by atoms with E-state index < -0.39 is 0 Å². The Labute approximate surface area is 119 Å². The summed E-state index contributed by atoms with van der Waals surface area (Å²) in [5, 5.41) is 3.73. The molecule has 1 N–H and O–H groups in total. The minimum atomic E-state index is -0.229. The number of carbonyl (C=O) groups excluding carboxylic acids is 1. The van der Waals surface area contributed by atoms with Gasteiger partial charge in [-0.3, -0.25) is 4.79 Å². The molecule has 0 amide bonds. The molecule has 1 unspecified atom stereocenters. The minimum Gasteiger partial charge on any atom is -0.492 e. The molecule has 1 atom stereocenters. The molecular weight excluding hydrogens is 266 g/mol. The lowest BCUT2D eigenvalue weighted by atomic mass is 10.1. The van der Waals surface area contributed by atoms with Crippen molar-refractivity contribution in [1.82, 2.24) is 5.32 Å². The highest BCUT2D eigenvalue weighted by Gasteiger charge is 2.07. The van der Waals surface area contributed by atoms with E-state index in [9.17, 15) is 4.79 Å². The second kappa shape index (κ2) is 8.02. The van der Waals surface area contributed by atoms with E-state index in [1.165, 1.54) is 7.11 Å². The number of halogens is 1. The Balaban J connectivity index is 2.49. The third-order valence-corrected chi connectivity index (χ3v) is 3.19. The largest absolute Gasteiger partial charge is 0.492 e. The third kappa shape index (κ3) is 5.09. The van der Waals surface area contributed by atoms with E-state index in [0.29, 0.717) is 30.2 Å². The number of ether oxygens (including phenoxy) is 2. The van der Waals surface area contributed by atoms with E-state index in [-0.39, 0.29) is 12.0 Å². The zero-order valence-corrected chi connectivity index (χ0v) is 12.3. The minimum absolute atomic E-state index is 0.229. The van der Waals surface area contributed by atoms with Gasteiger partial charge in [0.15, 0.2) is 0 Å². The number of carbonyl (C=O) groups is 1. The van der Waals surface area contributed by atoms with Crippen LogP contribution < -0.4 is 10.1 Å². The zero-order valence-electron chi connectivity index (χ0n) is 11.5. The van der Waals surface area contributed by atoms with Gasteiger partial charge < -0.3 is 14.8 Å². The van der Waals surface area contributed by atoms with Crippen LogP contribution in [0.2, 0.25) is 5.02 Å². The standard InChI is InChI=1S/C14H20ClNO3/c1-10(16-2)11-6-7-13(12(15)9-11)19-8-4-5-14(17)18-3/h6-7,9-10,16H,4-5,8H2,1-3H3. The van der Waals surface area contributed by atoms with Crippen molar-refractivity contribution in [3.8, 4) is 5.75 Å². The van der Waals surface area contributed by atoms with Crippen molar-refractivity contribution in [3.63, 3.8) is 0 Å². The monoisotopic (exact) mass is 285 g/mol. The molecule has 0 saturated carbocycles. The molecule has 0 spiro atoms. The van der Waals surface area contributed by atoms with Gasteiger partial charge in [0.1, 0.15) is 5.75 Å². The molecule has 0 bridgehead atoms. The molecule has 1 aromatic rings. The molecule has 19 heavy (non-hydrogen) atoms. The average molecular weight is 286 g/mol. The van der Waals surface area contributed by atoms with Gasteiger partial charge in [0, 0.05) is 12.5 Å². The van der Waals surface area contributed by atoms with E-state index in [1.54, 1.807) is 0 Å². The predicted molar refractivity (Wildman–Crippen MR) is 75.7 cm³/mol. The van der Waals surface area contributed by atoms with Crippen LogP contribution in [-0.4, -0.2) is 26.7 Å². The van der Waals surface area contributed by atoms with Gasteiger partial charge in [0.05, 0.1) is 18.7 Å². The zero-order chi connectivity index (χ0) is 14.3. The van der Waals surface area contributed by atoms with E-state index >= 15 is 0 Å². The molecule has 0 aliphatic carbocycles. The van der Waals surface area contributed by atoms with Gasteiger partial charge in [-0.05, 0) is 38.1 Å². The highest BCUT2D eigenvalue weighted by Crippen LogP contribution is 2.27. The second-order valence-corrected chi connectivity index (χ2v) is 4.64. The molecule has 0 aromatic heterocycles. The highest BCUT2D eigenvalue weighted by atomic mass is 35.5. The van der Waals surface area contributed by atoms with Gasteiger partial charge in [-0.15, -0.1) is 0 Å². The molecule has 0 aliphatic heterocycles. The first-order valence-electron chi connectivity index (χ1n) is 6.24. The number of nitrogens with one attached hydrogen (secondary N) is 1. The van der Waals surface area contributed by atoms with E-state index in [0.717, 1.165) is 5.56 Å². The lowest BCUT2D eigenvalue weighted by Crippen LogP contribution is -2.12. The SMILES string of the molecule is CNC(C)c1ccc(OCCCC(=O)OC)c(Cl)c1. The van der Waals surface area contributed by atoms with Crippen molar-refractivity contribution < 1.29 is 14.3 Å². The maximum atomic E-state index is 10.9. The van der Waals surface area contributed by atoms with Crippen LogP contribution in [0.1, 0.15) is 31.4 Å². The lowest BCUT2D eigenvalue weighted by molar-refractivity contribution is -0.140. The van der Waals surface area contributed by atoms with Crippen LogP contribution in [0.25, 0.3) is 0 Å². The van der Waals surface area contributed by atoms with E-state index in [4.69, 9.17) is 16.3 Å². The summed E-state index contributed by atoms with van der Waals surface area (Å²) in [5.74, 6) is 0.409. The van der Waals surface area contributed by atoms with Crippen molar-refractivity contribution in [2.75, 3.05) is 20.8 Å². The quantitative estimate of drug-likeness (QED) is 0.618. The molecule has 0 saturated heterocycles. The summed E-state index contributed by atoms with van der Waals surface area (Å²) in [6, 6.07) is 5.95. The van der Waals surface area contributed by atoms with Crippen molar-refractivity contribution in [2.45, 2.75) is 25.8 Å². The third-order valence-electron chi connectivity index (χ3n) is 2.90. The summed E-state index contributed by atoms with van der Waals surface area (Å²) in [6.45, 7) is 2.50. The van der Waals surface area contributed by atoms with Gasteiger partial charge in [-0.2, -0.15) is 0 Å². The Morgan fingerprint density at radius 1 is 1.47 bits per heavy atom. The molecule has 0 aliphatic rings. The topological polar surface area (TPSA) is 47.6 Å². The Morgan fingerprint density at radius 2 is 2.21 bits per heavy atom. The maximum absolute atomic E-state index is 10.9. The molecule has 5 heteroatoms. The number of rotatable bonds is 7. The van der Waals surface area contributed by atoms with Crippen LogP contribution in [0.3, 0.4) is 0 Å². The first-order valence-corrected chi connectivity index (χ1v) is 6.62. The van der Waals surface area contributed by atoms with Crippen LogP contribution in [0, 0.1) is 0 Å². The van der Waals surface area contributed by atoms with Crippen molar-refractivity contribution >= 4 is 17.6 Å². The first-order chi connectivity index (χ1) is 9.08. The molecule has 0 radical (unpaired) electrons. The van der Waals surface area contributed by atoms with Crippen molar-refractivity contribution in [1.29, 1.82) is 0 Å². The normalized spacial score (nSPS) is 12.0. The van der Waals surface area contributed by atoms with Crippen molar-refractivity contribution in [2.24, 2.45) is 0 Å². The van der Waals surface area contributed by atoms with Gasteiger partial charge in [0.25, 0.3) is 0 Å². The summed E-state index contributed by atoms with van der Waals surface area (Å²) in [7, 11) is 3.28. The van der Waals surface area contributed by atoms with Crippen LogP contribution in [0.15, 0.2) is 18.2 Å². The molecule has 0 heterocycles. The Kier molecular flexibility index (Phi) is 6.67. The van der Waals surface area contributed by atoms with Crippen molar-refractivity contribution in [3.05, 3.63) is 28.8 Å². The molecule has 0 fully saturated rings. The fourth-order valence-electron chi connectivity index (χ4n) is 1.57. The van der Waals surface area contributed by atoms with Crippen LogP contribution in [0.5, 0.6) is 5.75 Å². The van der Waals surface area contributed by atoms with E-state index in [2.05, 4.69) is 17.0 Å². The lowest BCUT2D eigenvalue weighted by Gasteiger charge is -2.13. The van der Waals surface area contributed by atoms with Crippen LogP contribution in [-0.2, 0) is 9.53 Å². The Hall–Kier alpha value is -1.26. The van der Waals surface area contributed by atoms with E-state index in [1.807, 2.05) is 25.2 Å². The van der Waals surface area contributed by atoms with Gasteiger partial charge in [-0.25, -0.2) is 0 Å². The average Bonchev–Trinajstić information content (AvgIpc) is 2.43. The number of esters is 1. The molecule has 1 rings (SSSR count). The number of hydrogen-bond donors (Lipinski definition) is 1. The molecular formula is C14H20ClNO3. The second-order valence-electron chi connectivity index (χ2n) is 4.23.